The summed E-state index contributed by atoms with van der Waals surface area (Å²) in [5.41, 5.74) is 8.49. The van der Waals surface area contributed by atoms with Gasteiger partial charge in [-0.2, -0.15) is 0 Å². The van der Waals surface area contributed by atoms with Gasteiger partial charge in [-0.3, -0.25) is 4.98 Å². The molecule has 0 aliphatic rings. The summed E-state index contributed by atoms with van der Waals surface area (Å²) in [5, 5.41) is 0.780. The van der Waals surface area contributed by atoms with E-state index in [9.17, 15) is 4.79 Å². The number of nitrogens with zero attached hydrogens (tertiary/aromatic N) is 1. The van der Waals surface area contributed by atoms with Gasteiger partial charge in [-0.05, 0) is 19.1 Å². The fourth-order valence-electron chi connectivity index (χ4n) is 1.60. The number of anilines is 1. The smallest absolute Gasteiger partial charge is 0.341 e. The molecule has 0 spiro atoms. The van der Waals surface area contributed by atoms with Crippen LogP contribution in [-0.2, 0) is 4.74 Å². The summed E-state index contributed by atoms with van der Waals surface area (Å²) in [4.78, 5) is 15.6. The molecule has 1 heterocycles. The first-order valence-electron chi connectivity index (χ1n) is 4.86. The maximum absolute atomic E-state index is 11.4. The summed E-state index contributed by atoms with van der Waals surface area (Å²) in [7, 11) is 1.32. The molecular formula is C12H12N2O2. The van der Waals surface area contributed by atoms with Gasteiger partial charge in [0.15, 0.2) is 0 Å². The molecule has 0 aliphatic heterocycles. The van der Waals surface area contributed by atoms with Crippen molar-refractivity contribution in [2.45, 2.75) is 6.92 Å². The maximum Gasteiger partial charge on any atom is 0.341 e. The van der Waals surface area contributed by atoms with Gasteiger partial charge in [0.1, 0.15) is 5.56 Å². The number of esters is 1. The summed E-state index contributed by atoms with van der Waals surface area (Å²) in [6, 6.07) is 5.73. The molecule has 0 unspecified atom stereocenters. The highest BCUT2D eigenvalue weighted by Crippen LogP contribution is 2.24. The van der Waals surface area contributed by atoms with Gasteiger partial charge in [0.05, 0.1) is 18.3 Å². The number of pyridine rings is 1. The van der Waals surface area contributed by atoms with E-state index in [1.807, 2.05) is 25.1 Å². The van der Waals surface area contributed by atoms with Crippen LogP contribution in [0.2, 0.25) is 0 Å². The molecule has 0 saturated heterocycles. The lowest BCUT2D eigenvalue weighted by Crippen LogP contribution is -2.06. The third kappa shape index (κ3) is 1.58. The van der Waals surface area contributed by atoms with Gasteiger partial charge in [-0.25, -0.2) is 4.79 Å². The van der Waals surface area contributed by atoms with Crippen molar-refractivity contribution in [2.24, 2.45) is 0 Å². The highest BCUT2D eigenvalue weighted by molar-refractivity contribution is 6.03. The van der Waals surface area contributed by atoms with Crippen molar-refractivity contribution in [3.8, 4) is 0 Å². The normalized spacial score (nSPS) is 10.4. The summed E-state index contributed by atoms with van der Waals surface area (Å²) in [6.07, 6.45) is 1.44. The fourth-order valence-corrected chi connectivity index (χ4v) is 1.60. The molecule has 0 fully saturated rings. The molecule has 0 aliphatic carbocycles. The van der Waals surface area contributed by atoms with Crippen molar-refractivity contribution in [1.29, 1.82) is 0 Å². The summed E-state index contributed by atoms with van der Waals surface area (Å²) in [6.45, 7) is 1.96. The van der Waals surface area contributed by atoms with E-state index in [0.717, 1.165) is 16.5 Å². The average molecular weight is 216 g/mol. The quantitative estimate of drug-likeness (QED) is 0.739. The number of hydrogen-bond acceptors (Lipinski definition) is 4. The van der Waals surface area contributed by atoms with Crippen molar-refractivity contribution < 1.29 is 9.53 Å². The zero-order valence-corrected chi connectivity index (χ0v) is 9.15. The van der Waals surface area contributed by atoms with Crippen LogP contribution in [0.1, 0.15) is 15.9 Å². The molecule has 1 aromatic carbocycles. The molecular weight excluding hydrogens is 204 g/mol. The third-order valence-electron chi connectivity index (χ3n) is 2.47. The lowest BCUT2D eigenvalue weighted by molar-refractivity contribution is 0.0601. The molecule has 0 atom stereocenters. The van der Waals surface area contributed by atoms with Gasteiger partial charge in [0, 0.05) is 11.6 Å². The van der Waals surface area contributed by atoms with Crippen molar-refractivity contribution in [2.75, 3.05) is 12.8 Å². The SMILES string of the molecule is COC(=O)c1cnc2ccc(C)cc2c1N. The molecule has 0 saturated carbocycles. The molecule has 16 heavy (non-hydrogen) atoms. The third-order valence-corrected chi connectivity index (χ3v) is 2.47. The lowest BCUT2D eigenvalue weighted by atomic mass is 10.1. The second-order valence-corrected chi connectivity index (χ2v) is 3.60. The topological polar surface area (TPSA) is 65.2 Å². The van der Waals surface area contributed by atoms with Crippen LogP contribution in [0.4, 0.5) is 5.69 Å². The van der Waals surface area contributed by atoms with Crippen LogP contribution in [-0.4, -0.2) is 18.1 Å². The Labute approximate surface area is 93.0 Å². The Morgan fingerprint density at radius 1 is 1.44 bits per heavy atom. The van der Waals surface area contributed by atoms with Crippen molar-refractivity contribution >= 4 is 22.6 Å². The van der Waals surface area contributed by atoms with Gasteiger partial charge in [0.2, 0.25) is 0 Å². The van der Waals surface area contributed by atoms with Crippen LogP contribution in [0.5, 0.6) is 0 Å². The molecule has 2 N–H and O–H groups in total. The molecule has 4 heteroatoms. The number of methoxy groups -OCH3 is 1. The molecule has 0 radical (unpaired) electrons. The van der Waals surface area contributed by atoms with Crippen LogP contribution >= 0.6 is 0 Å². The monoisotopic (exact) mass is 216 g/mol. The molecule has 0 bridgehead atoms. The first-order valence-corrected chi connectivity index (χ1v) is 4.86. The molecule has 0 amide bonds. The molecule has 2 aromatic rings. The lowest BCUT2D eigenvalue weighted by Gasteiger charge is -2.07. The van der Waals surface area contributed by atoms with Crippen LogP contribution in [0.15, 0.2) is 24.4 Å². The molecule has 4 nitrogen and oxygen atoms in total. The van der Waals surface area contributed by atoms with E-state index in [2.05, 4.69) is 9.72 Å². The zero-order valence-electron chi connectivity index (χ0n) is 9.15. The number of benzene rings is 1. The first kappa shape index (κ1) is 10.4. The Morgan fingerprint density at radius 2 is 2.19 bits per heavy atom. The number of aromatic nitrogens is 1. The fraction of sp³-hybridized carbons (Fsp3) is 0.167. The minimum Gasteiger partial charge on any atom is -0.465 e. The van der Waals surface area contributed by atoms with Crippen molar-refractivity contribution in [3.05, 3.63) is 35.5 Å². The van der Waals surface area contributed by atoms with Gasteiger partial charge in [-0.15, -0.1) is 0 Å². The number of carbonyl (C=O) groups excluding carboxylic acids is 1. The van der Waals surface area contributed by atoms with E-state index in [4.69, 9.17) is 5.73 Å². The van der Waals surface area contributed by atoms with Crippen LogP contribution in [0, 0.1) is 6.92 Å². The van der Waals surface area contributed by atoms with E-state index in [0.29, 0.717) is 11.3 Å². The predicted octanol–water partition coefficient (Wildman–Crippen LogP) is 1.91. The Kier molecular flexibility index (Phi) is 2.48. The van der Waals surface area contributed by atoms with Gasteiger partial charge in [-0.1, -0.05) is 11.6 Å². The van der Waals surface area contributed by atoms with E-state index < -0.39 is 5.97 Å². The number of fused-ring (bicyclic) bond motifs is 1. The van der Waals surface area contributed by atoms with Crippen molar-refractivity contribution in [1.82, 2.24) is 4.98 Å². The Hall–Kier alpha value is -2.10. The summed E-state index contributed by atoms with van der Waals surface area (Å²) in [5.74, 6) is -0.464. The second-order valence-electron chi connectivity index (χ2n) is 3.60. The van der Waals surface area contributed by atoms with Gasteiger partial charge in [0.25, 0.3) is 0 Å². The number of aryl methyl sites for hydroxylation is 1. The number of rotatable bonds is 1. The van der Waals surface area contributed by atoms with Crippen LogP contribution < -0.4 is 5.73 Å². The predicted molar refractivity (Wildman–Crippen MR) is 62.2 cm³/mol. The highest BCUT2D eigenvalue weighted by atomic mass is 16.5. The average Bonchev–Trinajstić information content (AvgIpc) is 2.29. The summed E-state index contributed by atoms with van der Waals surface area (Å²) >= 11 is 0. The zero-order chi connectivity index (χ0) is 11.7. The van der Waals surface area contributed by atoms with E-state index >= 15 is 0 Å². The Balaban J connectivity index is 2.72. The molecule has 1 aromatic heterocycles. The number of ether oxygens (including phenoxy) is 1. The summed E-state index contributed by atoms with van der Waals surface area (Å²) < 4.78 is 4.64. The number of nitrogen functional groups attached to an aromatic ring is 1. The van der Waals surface area contributed by atoms with Gasteiger partial charge < -0.3 is 10.5 Å². The number of nitrogens with two attached hydrogens (primary N) is 1. The largest absolute Gasteiger partial charge is 0.465 e. The minimum absolute atomic E-state index is 0.306. The van der Waals surface area contributed by atoms with Crippen molar-refractivity contribution in [3.63, 3.8) is 0 Å². The van der Waals surface area contributed by atoms with E-state index in [1.165, 1.54) is 13.3 Å². The second kappa shape index (κ2) is 3.81. The molecule has 2 rings (SSSR count). The standard InChI is InChI=1S/C12H12N2O2/c1-7-3-4-10-8(5-7)11(13)9(6-14-10)12(15)16-2/h3-6H,1-2H3,(H2,13,14). The van der Waals surface area contributed by atoms with E-state index in [-0.39, 0.29) is 0 Å². The maximum atomic E-state index is 11.4. The van der Waals surface area contributed by atoms with Gasteiger partial charge >= 0.3 is 5.97 Å². The highest BCUT2D eigenvalue weighted by Gasteiger charge is 2.13. The first-order chi connectivity index (χ1) is 7.63. The number of hydrogen-bond donors (Lipinski definition) is 1. The molecule has 82 valence electrons. The van der Waals surface area contributed by atoms with E-state index in [1.54, 1.807) is 0 Å². The number of carbonyl (C=O) groups is 1. The minimum atomic E-state index is -0.464. The Bertz CT molecular complexity index is 564. The van der Waals surface area contributed by atoms with Crippen LogP contribution in [0.3, 0.4) is 0 Å². The Morgan fingerprint density at radius 3 is 2.88 bits per heavy atom. The van der Waals surface area contributed by atoms with Crippen LogP contribution in [0.25, 0.3) is 10.9 Å².